The number of rotatable bonds is 5. The zero-order valence-electron chi connectivity index (χ0n) is 7.89. The lowest BCUT2D eigenvalue weighted by Crippen LogP contribution is -2.36. The molecular weight excluding hydrogens is 156 g/mol. The first kappa shape index (κ1) is 11.1. The van der Waals surface area contributed by atoms with Gasteiger partial charge in [0.15, 0.2) is 0 Å². The zero-order valence-corrected chi connectivity index (χ0v) is 7.89. The van der Waals surface area contributed by atoms with Crippen molar-refractivity contribution in [3.8, 4) is 0 Å². The number of amides is 1. The largest absolute Gasteiger partial charge is 0.355 e. The SMILES string of the molecule is CCNC(=O)CN(C)CC(C)=O. The van der Waals surface area contributed by atoms with E-state index in [4.69, 9.17) is 0 Å². The second kappa shape index (κ2) is 5.71. The molecule has 70 valence electrons. The van der Waals surface area contributed by atoms with E-state index >= 15 is 0 Å². The van der Waals surface area contributed by atoms with Gasteiger partial charge in [0.25, 0.3) is 0 Å². The van der Waals surface area contributed by atoms with Crippen LogP contribution < -0.4 is 5.32 Å². The van der Waals surface area contributed by atoms with Crippen LogP contribution in [0.3, 0.4) is 0 Å². The fraction of sp³-hybridized carbons (Fsp3) is 0.750. The third-order valence-corrected chi connectivity index (χ3v) is 1.28. The average Bonchev–Trinajstić information content (AvgIpc) is 1.84. The van der Waals surface area contributed by atoms with Crippen molar-refractivity contribution in [2.75, 3.05) is 26.7 Å². The number of ketones is 1. The monoisotopic (exact) mass is 172 g/mol. The predicted molar refractivity (Wildman–Crippen MR) is 46.9 cm³/mol. The van der Waals surface area contributed by atoms with Crippen LogP contribution in [0.2, 0.25) is 0 Å². The van der Waals surface area contributed by atoms with Crippen LogP contribution in [0, 0.1) is 0 Å². The lowest BCUT2D eigenvalue weighted by molar-refractivity contribution is -0.123. The highest BCUT2D eigenvalue weighted by Gasteiger charge is 2.06. The fourth-order valence-corrected chi connectivity index (χ4v) is 0.934. The molecule has 0 radical (unpaired) electrons. The molecule has 0 fully saturated rings. The number of nitrogens with one attached hydrogen (secondary N) is 1. The van der Waals surface area contributed by atoms with Crippen molar-refractivity contribution in [3.05, 3.63) is 0 Å². The van der Waals surface area contributed by atoms with E-state index < -0.39 is 0 Å². The van der Waals surface area contributed by atoms with Crippen molar-refractivity contribution < 1.29 is 9.59 Å². The molecule has 0 aromatic carbocycles. The molecule has 12 heavy (non-hydrogen) atoms. The van der Waals surface area contributed by atoms with Crippen LogP contribution in [0.1, 0.15) is 13.8 Å². The van der Waals surface area contributed by atoms with E-state index in [-0.39, 0.29) is 18.2 Å². The number of nitrogens with zero attached hydrogens (tertiary/aromatic N) is 1. The van der Waals surface area contributed by atoms with Crippen molar-refractivity contribution in [1.82, 2.24) is 10.2 Å². The highest BCUT2D eigenvalue weighted by atomic mass is 16.2. The molecule has 0 aromatic rings. The van der Waals surface area contributed by atoms with Crippen LogP contribution in [-0.2, 0) is 9.59 Å². The van der Waals surface area contributed by atoms with Crippen LogP contribution in [0.4, 0.5) is 0 Å². The summed E-state index contributed by atoms with van der Waals surface area (Å²) in [5, 5.41) is 2.66. The standard InChI is InChI=1S/C8H16N2O2/c1-4-9-8(12)6-10(3)5-7(2)11/h4-6H2,1-3H3,(H,9,12). The Bertz CT molecular complexity index is 168. The van der Waals surface area contributed by atoms with Crippen molar-refractivity contribution >= 4 is 11.7 Å². The molecule has 1 N–H and O–H groups in total. The van der Waals surface area contributed by atoms with E-state index in [9.17, 15) is 9.59 Å². The maximum atomic E-state index is 11.0. The summed E-state index contributed by atoms with van der Waals surface area (Å²) < 4.78 is 0. The molecule has 0 aromatic heterocycles. The number of Topliss-reactive ketones (excluding diaryl/α,β-unsaturated/α-hetero) is 1. The lowest BCUT2D eigenvalue weighted by atomic mass is 10.4. The van der Waals surface area contributed by atoms with Crippen LogP contribution in [0.15, 0.2) is 0 Å². The van der Waals surface area contributed by atoms with Gasteiger partial charge in [0.2, 0.25) is 5.91 Å². The molecule has 0 atom stereocenters. The molecule has 0 aliphatic heterocycles. The molecule has 4 nitrogen and oxygen atoms in total. The number of hydrogen-bond acceptors (Lipinski definition) is 3. The van der Waals surface area contributed by atoms with Gasteiger partial charge in [0.05, 0.1) is 13.1 Å². The van der Waals surface area contributed by atoms with E-state index in [1.807, 2.05) is 6.92 Å². The van der Waals surface area contributed by atoms with Gasteiger partial charge in [0.1, 0.15) is 5.78 Å². The Morgan fingerprint density at radius 2 is 1.92 bits per heavy atom. The minimum atomic E-state index is -0.0405. The molecule has 0 saturated carbocycles. The highest BCUT2D eigenvalue weighted by molar-refractivity contribution is 5.80. The molecule has 0 saturated heterocycles. The summed E-state index contributed by atoms with van der Waals surface area (Å²) >= 11 is 0. The van der Waals surface area contributed by atoms with Gasteiger partial charge in [-0.25, -0.2) is 0 Å². The Hall–Kier alpha value is -0.900. The van der Waals surface area contributed by atoms with E-state index in [1.165, 1.54) is 6.92 Å². The Morgan fingerprint density at radius 1 is 1.33 bits per heavy atom. The Morgan fingerprint density at radius 3 is 2.33 bits per heavy atom. The van der Waals surface area contributed by atoms with Gasteiger partial charge in [-0.15, -0.1) is 0 Å². The molecule has 0 spiro atoms. The minimum Gasteiger partial charge on any atom is -0.355 e. The molecule has 0 aliphatic rings. The van der Waals surface area contributed by atoms with E-state index in [2.05, 4.69) is 5.32 Å². The van der Waals surface area contributed by atoms with Gasteiger partial charge >= 0.3 is 0 Å². The van der Waals surface area contributed by atoms with Gasteiger partial charge in [0, 0.05) is 6.54 Å². The molecule has 1 amide bonds. The minimum absolute atomic E-state index is 0.0405. The summed E-state index contributed by atoms with van der Waals surface area (Å²) in [4.78, 5) is 23.3. The Balaban J connectivity index is 3.61. The third-order valence-electron chi connectivity index (χ3n) is 1.28. The van der Waals surface area contributed by atoms with Crippen molar-refractivity contribution in [1.29, 1.82) is 0 Å². The third kappa shape index (κ3) is 5.85. The topological polar surface area (TPSA) is 49.4 Å². The van der Waals surface area contributed by atoms with Crippen LogP contribution in [0.5, 0.6) is 0 Å². The maximum absolute atomic E-state index is 11.0. The van der Waals surface area contributed by atoms with E-state index in [1.54, 1.807) is 11.9 Å². The zero-order chi connectivity index (χ0) is 9.56. The second-order valence-electron chi connectivity index (χ2n) is 2.83. The first-order chi connectivity index (χ1) is 5.56. The van der Waals surface area contributed by atoms with Crippen molar-refractivity contribution in [2.45, 2.75) is 13.8 Å². The summed E-state index contributed by atoms with van der Waals surface area (Å²) in [5.74, 6) is 0.0306. The second-order valence-corrected chi connectivity index (χ2v) is 2.83. The first-order valence-corrected chi connectivity index (χ1v) is 4.01. The quantitative estimate of drug-likeness (QED) is 0.616. The van der Waals surface area contributed by atoms with Crippen LogP contribution in [0.25, 0.3) is 0 Å². The van der Waals surface area contributed by atoms with Gasteiger partial charge < -0.3 is 5.32 Å². The van der Waals surface area contributed by atoms with Crippen molar-refractivity contribution in [3.63, 3.8) is 0 Å². The molecule has 0 unspecified atom stereocenters. The van der Waals surface area contributed by atoms with Gasteiger partial charge in [-0.2, -0.15) is 0 Å². The molecule has 0 aliphatic carbocycles. The van der Waals surface area contributed by atoms with Crippen LogP contribution in [-0.4, -0.2) is 43.3 Å². The fourth-order valence-electron chi connectivity index (χ4n) is 0.934. The van der Waals surface area contributed by atoms with E-state index in [0.29, 0.717) is 13.1 Å². The Kier molecular flexibility index (Phi) is 5.28. The number of hydrogen-bond donors (Lipinski definition) is 1. The molecular formula is C8H16N2O2. The summed E-state index contributed by atoms with van der Waals surface area (Å²) in [6, 6.07) is 0. The number of likely N-dealkylation sites (N-methyl/N-ethyl adjacent to an activating group) is 2. The molecule has 0 bridgehead atoms. The van der Waals surface area contributed by atoms with Gasteiger partial charge in [-0.05, 0) is 20.9 Å². The normalized spacial score (nSPS) is 10.0. The number of carbonyl (C=O) groups excluding carboxylic acids is 2. The summed E-state index contributed by atoms with van der Waals surface area (Å²) in [6.45, 7) is 4.62. The van der Waals surface area contributed by atoms with E-state index in [0.717, 1.165) is 0 Å². The van der Waals surface area contributed by atoms with Crippen molar-refractivity contribution in [2.24, 2.45) is 0 Å². The molecule has 0 rings (SSSR count). The maximum Gasteiger partial charge on any atom is 0.234 e. The van der Waals surface area contributed by atoms with Gasteiger partial charge in [-0.1, -0.05) is 0 Å². The average molecular weight is 172 g/mol. The lowest BCUT2D eigenvalue weighted by Gasteiger charge is -2.13. The summed E-state index contributed by atoms with van der Waals surface area (Å²) in [7, 11) is 1.75. The summed E-state index contributed by atoms with van der Waals surface area (Å²) in [5.41, 5.74) is 0. The molecule has 0 heterocycles. The van der Waals surface area contributed by atoms with Crippen LogP contribution >= 0.6 is 0 Å². The predicted octanol–water partition coefficient (Wildman–Crippen LogP) is -0.357. The highest BCUT2D eigenvalue weighted by Crippen LogP contribution is 1.82. The van der Waals surface area contributed by atoms with Gasteiger partial charge in [-0.3, -0.25) is 14.5 Å². The molecule has 4 heteroatoms. The first-order valence-electron chi connectivity index (χ1n) is 4.01. The summed E-state index contributed by atoms with van der Waals surface area (Å²) in [6.07, 6.45) is 0. The smallest absolute Gasteiger partial charge is 0.234 e. The number of carbonyl (C=O) groups is 2. The Labute approximate surface area is 72.9 Å².